The van der Waals surface area contributed by atoms with Crippen LogP contribution in [0, 0.1) is 182 Å². The molecule has 4 N–H and O–H groups in total. The van der Waals surface area contributed by atoms with E-state index in [-0.39, 0.29) is 189 Å². The number of hydrogen-bond acceptors (Lipinski definition) is 4. The topological polar surface area (TPSA) is 93.7 Å². The zero-order valence-electron chi connectivity index (χ0n) is 10.7. The summed E-state index contributed by atoms with van der Waals surface area (Å²) in [5.74, 6) is 0.0775. The van der Waals surface area contributed by atoms with Crippen molar-refractivity contribution in [3.63, 3.8) is 0 Å². The Kier molecular flexibility index (Phi) is 28.0. The van der Waals surface area contributed by atoms with E-state index in [0.29, 0.717) is 0 Å². The average molecular weight is 1110 g/mol. The molecule has 1 aliphatic heterocycles. The fraction of sp³-hybridized carbons (Fsp3) is 1.00. The maximum absolute atomic E-state index is 9.54. The number of aliphatic hydroxyl groups is 3. The van der Waals surface area contributed by atoms with E-state index in [1.807, 2.05) is 13.8 Å². The van der Waals surface area contributed by atoms with Crippen LogP contribution in [0.25, 0.3) is 5.73 Å². The molecule has 96 valence electrons. The molecule has 5 nitrogen and oxygen atoms in total. The standard InChI is InChI=1S/C9H18NO4.4Ac/c1-4(2)9-6(10)8(13)7(12)5(3-11)14-9;;;;/h4-13H,3H2,1-2H3;;;;/q-1;;;;/t5?,6?,7-,8+,9+;;;;/m0..../s1. The summed E-state index contributed by atoms with van der Waals surface area (Å²) in [5, 5.41) is 27.9. The van der Waals surface area contributed by atoms with Crippen molar-refractivity contribution in [2.24, 2.45) is 5.92 Å². The van der Waals surface area contributed by atoms with Crippen LogP contribution in [0.2, 0.25) is 0 Å². The van der Waals surface area contributed by atoms with Gasteiger partial charge in [-0.05, 0) is 5.92 Å². The van der Waals surface area contributed by atoms with Crippen LogP contribution < -0.4 is 0 Å². The van der Waals surface area contributed by atoms with Crippen molar-refractivity contribution in [1.29, 1.82) is 0 Å². The summed E-state index contributed by atoms with van der Waals surface area (Å²) in [5.41, 5.74) is 7.64. The van der Waals surface area contributed by atoms with Crippen LogP contribution in [0.5, 0.6) is 0 Å². The average Bonchev–Trinajstić information content (AvgIpc) is 2.14. The molecule has 0 spiro atoms. The van der Waals surface area contributed by atoms with Gasteiger partial charge >= 0.3 is 0 Å². The zero-order chi connectivity index (χ0) is 10.9. The predicted octanol–water partition coefficient (Wildman–Crippen LogP) is -0.455. The molecule has 1 aliphatic rings. The molecule has 1 rings (SSSR count). The van der Waals surface area contributed by atoms with Gasteiger partial charge in [-0.15, -0.1) is 0 Å². The Labute approximate surface area is 252 Å². The fourth-order valence-electron chi connectivity index (χ4n) is 1.72. The minimum absolute atomic E-state index is 0. The van der Waals surface area contributed by atoms with Crippen LogP contribution in [0.15, 0.2) is 0 Å². The van der Waals surface area contributed by atoms with E-state index >= 15 is 0 Å². The minimum atomic E-state index is -1.17. The van der Waals surface area contributed by atoms with Crippen molar-refractivity contribution in [1.82, 2.24) is 0 Å². The second-order valence-corrected chi connectivity index (χ2v) is 4.07. The normalized spacial score (nSPS) is 34.5. The molecule has 0 saturated carbocycles. The molecule has 1 fully saturated rings. The van der Waals surface area contributed by atoms with Gasteiger partial charge in [-0.1, -0.05) is 19.9 Å². The number of ether oxygens (including phenoxy) is 1. The van der Waals surface area contributed by atoms with Crippen LogP contribution in [0.1, 0.15) is 13.8 Å². The molecule has 0 aromatic heterocycles. The second kappa shape index (κ2) is 16.1. The zero-order valence-corrected chi connectivity index (χ0v) is 29.7. The quantitative estimate of drug-likeness (QED) is 0.350. The van der Waals surface area contributed by atoms with E-state index in [4.69, 9.17) is 15.6 Å². The Bertz CT molecular complexity index is 199. The third-order valence-corrected chi connectivity index (χ3v) is 2.62. The van der Waals surface area contributed by atoms with Crippen LogP contribution >= 0.6 is 0 Å². The Morgan fingerprint density at radius 2 is 1.50 bits per heavy atom. The molecule has 5 atom stereocenters. The molecule has 2 unspecified atom stereocenters. The van der Waals surface area contributed by atoms with Gasteiger partial charge in [0.2, 0.25) is 0 Å². The van der Waals surface area contributed by atoms with E-state index < -0.39 is 30.5 Å². The van der Waals surface area contributed by atoms with Crippen molar-refractivity contribution in [2.75, 3.05) is 6.61 Å². The first-order valence-corrected chi connectivity index (χ1v) is 4.82. The van der Waals surface area contributed by atoms with Crippen LogP contribution in [-0.2, 0) is 4.74 Å². The van der Waals surface area contributed by atoms with Gasteiger partial charge in [-0.25, -0.2) is 0 Å². The third-order valence-electron chi connectivity index (χ3n) is 2.62. The number of rotatable bonds is 2. The molecule has 0 aromatic rings. The first kappa shape index (κ1) is 31.3. The molecule has 1 heterocycles. The first-order chi connectivity index (χ1) is 6.49. The summed E-state index contributed by atoms with van der Waals surface area (Å²) in [6.07, 6.45) is -3.53. The molecular weight excluding hydrogens is 1090 g/mol. The Balaban J connectivity index is -0.000000245. The molecule has 0 amide bonds. The van der Waals surface area contributed by atoms with Crippen LogP contribution in [-0.4, -0.2) is 52.4 Å². The first-order valence-electron chi connectivity index (χ1n) is 4.82. The number of aliphatic hydroxyl groups excluding tert-OH is 3. The van der Waals surface area contributed by atoms with Gasteiger partial charge in [-0.2, -0.15) is 0 Å². The van der Waals surface area contributed by atoms with E-state index in [0.717, 1.165) is 0 Å². The summed E-state index contributed by atoms with van der Waals surface area (Å²) in [6, 6.07) is -0.854. The summed E-state index contributed by atoms with van der Waals surface area (Å²) < 4.78 is 5.34. The van der Waals surface area contributed by atoms with Gasteiger partial charge in [0.25, 0.3) is 0 Å². The predicted molar refractivity (Wildman–Crippen MR) is 50.7 cm³/mol. The summed E-state index contributed by atoms with van der Waals surface area (Å²) in [6.45, 7) is 3.42. The fourth-order valence-corrected chi connectivity index (χ4v) is 1.72. The van der Waals surface area contributed by atoms with Gasteiger partial charge in [0.15, 0.2) is 0 Å². The van der Waals surface area contributed by atoms with Crippen molar-refractivity contribution in [3.8, 4) is 0 Å². The third kappa shape index (κ3) is 9.15. The van der Waals surface area contributed by atoms with Gasteiger partial charge in [-0.3, -0.25) is 0 Å². The Morgan fingerprint density at radius 1 is 1.06 bits per heavy atom. The monoisotopic (exact) mass is 1110 g/mol. The minimum Gasteiger partial charge on any atom is -0.670 e. The molecule has 18 heavy (non-hydrogen) atoms. The molecule has 0 aliphatic carbocycles. The number of hydrogen-bond donors (Lipinski definition) is 3. The van der Waals surface area contributed by atoms with E-state index in [2.05, 4.69) is 0 Å². The van der Waals surface area contributed by atoms with Crippen LogP contribution in [0.4, 0.5) is 0 Å². The van der Waals surface area contributed by atoms with Gasteiger partial charge in [0.1, 0.15) is 12.2 Å². The Hall–Kier alpha value is 5.57. The molecule has 4 radical (unpaired) electrons. The Morgan fingerprint density at radius 3 is 1.83 bits per heavy atom. The SMILES string of the molecule is CC(C)[C@H]1OC(CO)[C@H](O)[C@H](O)C1[NH-].[Ac].[Ac].[Ac].[Ac]. The van der Waals surface area contributed by atoms with Crippen molar-refractivity contribution in [2.45, 2.75) is 44.3 Å². The van der Waals surface area contributed by atoms with Crippen molar-refractivity contribution >= 4 is 0 Å². The van der Waals surface area contributed by atoms with E-state index in [1.165, 1.54) is 0 Å². The smallest absolute Gasteiger partial charge is 0.109 e. The molecule has 0 bridgehead atoms. The molecule has 0 aromatic carbocycles. The van der Waals surface area contributed by atoms with Crippen LogP contribution in [0.3, 0.4) is 0 Å². The van der Waals surface area contributed by atoms with Crippen molar-refractivity contribution in [3.05, 3.63) is 5.73 Å². The molecule has 1 saturated heterocycles. The largest absolute Gasteiger partial charge is 0.670 e. The summed E-state index contributed by atoms with van der Waals surface area (Å²) in [7, 11) is 0. The van der Waals surface area contributed by atoms with E-state index in [9.17, 15) is 10.2 Å². The summed E-state index contributed by atoms with van der Waals surface area (Å²) in [4.78, 5) is 0. The van der Waals surface area contributed by atoms with Gasteiger partial charge < -0.3 is 25.8 Å². The summed E-state index contributed by atoms with van der Waals surface area (Å²) >= 11 is 0. The molecule has 9 heteroatoms. The second-order valence-electron chi connectivity index (χ2n) is 4.07. The maximum Gasteiger partial charge on any atom is 0.109 e. The number of nitrogens with one attached hydrogen (secondary N) is 1. The van der Waals surface area contributed by atoms with E-state index in [1.54, 1.807) is 0 Å². The van der Waals surface area contributed by atoms with Gasteiger partial charge in [0.05, 0.1) is 12.7 Å². The van der Waals surface area contributed by atoms with Gasteiger partial charge in [0, 0.05) is 182 Å². The molecular formula is C9H18Ac4NO4-. The van der Waals surface area contributed by atoms with Crippen molar-refractivity contribution < 1.29 is 196 Å². The maximum atomic E-state index is 9.54.